The molecule has 5 atom stereocenters. The zero-order valence-corrected chi connectivity index (χ0v) is 23.7. The largest absolute Gasteiger partial charge is 0.456 e. The van der Waals surface area contributed by atoms with Gasteiger partial charge in [0.2, 0.25) is 0 Å². The van der Waals surface area contributed by atoms with E-state index in [0.717, 1.165) is 38.0 Å². The number of aliphatic hydroxyl groups is 1. The minimum absolute atomic E-state index is 0.0997. The average molecular weight is 599 g/mol. The van der Waals surface area contributed by atoms with Crippen molar-refractivity contribution in [2.45, 2.75) is 62.4 Å². The number of aromatic nitrogens is 3. The second-order valence-electron chi connectivity index (χ2n) is 12.4. The van der Waals surface area contributed by atoms with Crippen molar-refractivity contribution in [2.75, 3.05) is 39.5 Å². The lowest BCUT2D eigenvalue weighted by molar-refractivity contribution is -0.136. The molecule has 0 bridgehead atoms. The van der Waals surface area contributed by atoms with Crippen molar-refractivity contribution in [2.24, 2.45) is 5.41 Å². The Morgan fingerprint density at radius 3 is 2.76 bits per heavy atom. The second kappa shape index (κ2) is 10.1. The molecule has 42 heavy (non-hydrogen) atoms. The highest BCUT2D eigenvalue weighted by Gasteiger charge is 2.49. The maximum atomic E-state index is 15.6. The molecule has 1 spiro atoms. The number of H-pyrrole nitrogens is 1. The molecule has 8 rings (SSSR count). The number of aromatic amines is 1. The number of piperidine rings is 1. The number of imidazole rings is 1. The second-order valence-corrected chi connectivity index (χ2v) is 12.8. The Morgan fingerprint density at radius 1 is 1.17 bits per heavy atom. The van der Waals surface area contributed by atoms with E-state index in [4.69, 9.17) is 35.5 Å². The maximum absolute atomic E-state index is 15.6. The zero-order chi connectivity index (χ0) is 28.6. The highest BCUT2D eigenvalue weighted by molar-refractivity contribution is 6.31. The Kier molecular flexibility index (Phi) is 6.45. The van der Waals surface area contributed by atoms with Crippen molar-refractivity contribution >= 4 is 28.7 Å². The Bertz CT molecular complexity index is 1550. The Labute approximate surface area is 246 Å². The molecular formula is C30H32ClFN4O6. The average Bonchev–Trinajstić information content (AvgIpc) is 3.74. The van der Waals surface area contributed by atoms with E-state index < -0.39 is 18.3 Å². The zero-order valence-electron chi connectivity index (χ0n) is 23.0. The van der Waals surface area contributed by atoms with Crippen LogP contribution in [0.3, 0.4) is 0 Å². The highest BCUT2D eigenvalue weighted by atomic mass is 35.5. The number of carbonyl (C=O) groups is 1. The molecule has 4 aliphatic heterocycles. The molecular weight excluding hydrogens is 567 g/mol. The minimum atomic E-state index is -0.662. The van der Waals surface area contributed by atoms with E-state index >= 15 is 4.39 Å². The summed E-state index contributed by atoms with van der Waals surface area (Å²) < 4.78 is 38.2. The molecule has 1 aliphatic carbocycles. The molecule has 4 saturated heterocycles. The lowest BCUT2D eigenvalue weighted by Crippen LogP contribution is -2.52. The van der Waals surface area contributed by atoms with E-state index in [-0.39, 0.29) is 48.4 Å². The molecule has 222 valence electrons. The van der Waals surface area contributed by atoms with Gasteiger partial charge < -0.3 is 33.9 Å². The van der Waals surface area contributed by atoms with E-state index in [1.54, 1.807) is 6.07 Å². The van der Waals surface area contributed by atoms with Crippen molar-refractivity contribution in [1.82, 2.24) is 19.9 Å². The summed E-state index contributed by atoms with van der Waals surface area (Å²) >= 11 is 6.63. The summed E-state index contributed by atoms with van der Waals surface area (Å²) in [6.07, 6.45) is 1.95. The molecule has 6 heterocycles. The molecule has 5 aliphatic rings. The summed E-state index contributed by atoms with van der Waals surface area (Å²) in [4.78, 5) is 27.4. The van der Waals surface area contributed by atoms with Crippen molar-refractivity contribution in [3.63, 3.8) is 0 Å². The predicted molar refractivity (Wildman–Crippen MR) is 148 cm³/mol. The Morgan fingerprint density at radius 2 is 1.98 bits per heavy atom. The summed E-state index contributed by atoms with van der Waals surface area (Å²) in [5.41, 5.74) is 3.89. The van der Waals surface area contributed by atoms with Gasteiger partial charge in [-0.1, -0.05) is 11.6 Å². The van der Waals surface area contributed by atoms with E-state index in [1.807, 2.05) is 11.0 Å². The van der Waals surface area contributed by atoms with Gasteiger partial charge in [0, 0.05) is 24.1 Å². The molecule has 1 amide bonds. The van der Waals surface area contributed by atoms with Gasteiger partial charge in [-0.15, -0.1) is 0 Å². The van der Waals surface area contributed by atoms with E-state index in [0.29, 0.717) is 58.9 Å². The van der Waals surface area contributed by atoms with Crippen LogP contribution in [-0.4, -0.2) is 94.8 Å². The van der Waals surface area contributed by atoms with Crippen LogP contribution in [0.2, 0.25) is 5.02 Å². The third kappa shape index (κ3) is 4.48. The fraction of sp³-hybridized carbons (Fsp3) is 0.567. The normalized spacial score (nSPS) is 29.6. The number of aryl methyl sites for hydroxylation is 1. The summed E-state index contributed by atoms with van der Waals surface area (Å²) in [7, 11) is 0. The molecule has 10 nitrogen and oxygen atoms in total. The molecule has 1 aromatic carbocycles. The molecule has 4 fully saturated rings. The van der Waals surface area contributed by atoms with Crippen molar-refractivity contribution < 1.29 is 33.2 Å². The number of ether oxygens (including phenoxy) is 4. The van der Waals surface area contributed by atoms with Crippen LogP contribution in [0.1, 0.15) is 52.4 Å². The summed E-state index contributed by atoms with van der Waals surface area (Å²) in [5, 5.41) is 10.4. The number of nitrogens with zero attached hydrogens (tertiary/aromatic N) is 3. The maximum Gasteiger partial charge on any atom is 0.296 e. The monoisotopic (exact) mass is 598 g/mol. The number of hydrogen-bond acceptors (Lipinski definition) is 8. The van der Waals surface area contributed by atoms with Crippen LogP contribution in [0.4, 0.5) is 4.39 Å². The van der Waals surface area contributed by atoms with E-state index in [2.05, 4.69) is 9.97 Å². The lowest BCUT2D eigenvalue weighted by atomic mass is 9.77. The summed E-state index contributed by atoms with van der Waals surface area (Å²) in [5.74, 6) is -0.547. The number of amides is 1. The Hall–Kier alpha value is -2.83. The first-order valence-corrected chi connectivity index (χ1v) is 15.1. The Balaban J connectivity index is 0.973. The first-order valence-electron chi connectivity index (χ1n) is 14.7. The number of aliphatic hydroxyl groups excluding tert-OH is 1. The van der Waals surface area contributed by atoms with Crippen LogP contribution in [0.5, 0.6) is 6.01 Å². The molecule has 0 radical (unpaired) electrons. The highest BCUT2D eigenvalue weighted by Crippen LogP contribution is 2.41. The number of fused-ring (bicyclic) bond motifs is 3. The van der Waals surface area contributed by atoms with Crippen LogP contribution < -0.4 is 4.74 Å². The SMILES string of the molecule is O=C(c1cc(F)c2c(c1)CCC2Cc1nc2nc(O[C@@H]3CO[C@H]4[C@@H]3OC[C@H]4O)[nH]c2cc1Cl)N1CCC2(CC1)COC2. The van der Waals surface area contributed by atoms with Crippen molar-refractivity contribution in [3.8, 4) is 6.01 Å². The van der Waals surface area contributed by atoms with E-state index in [1.165, 1.54) is 6.07 Å². The van der Waals surface area contributed by atoms with Gasteiger partial charge in [-0.05, 0) is 67.3 Å². The molecule has 1 unspecified atom stereocenters. The number of hydrogen-bond donors (Lipinski definition) is 2. The minimum Gasteiger partial charge on any atom is -0.456 e. The molecule has 12 heteroatoms. The standard InChI is InChI=1S/C30H32ClFN4O6/c31-18-10-21-27(35-29(34-21)42-23-12-41-25-22(37)11-40-26(23)25)33-20(18)9-16-2-1-15-7-17(8-19(32)24(15)16)28(38)36-5-3-30(4-6-36)13-39-14-30/h7-8,10,16,22-23,25-26,37H,1-6,9,11-14H2,(H,33,34,35)/t16?,22-,23-,25-,26-/m1/s1. The fourth-order valence-corrected chi connectivity index (χ4v) is 7.47. The summed E-state index contributed by atoms with van der Waals surface area (Å²) in [6.45, 7) is 3.43. The third-order valence-corrected chi connectivity index (χ3v) is 10.0. The van der Waals surface area contributed by atoms with Crippen LogP contribution in [-0.2, 0) is 27.1 Å². The van der Waals surface area contributed by atoms with Crippen molar-refractivity contribution in [3.05, 3.63) is 51.4 Å². The molecule has 3 aromatic rings. The number of nitrogens with one attached hydrogen (secondary N) is 1. The smallest absolute Gasteiger partial charge is 0.296 e. The van der Waals surface area contributed by atoms with Gasteiger partial charge >= 0.3 is 0 Å². The first kappa shape index (κ1) is 26.8. The van der Waals surface area contributed by atoms with Crippen LogP contribution in [0.25, 0.3) is 11.2 Å². The van der Waals surface area contributed by atoms with Crippen molar-refractivity contribution in [1.29, 1.82) is 0 Å². The number of carbonyl (C=O) groups excluding carboxylic acids is 1. The number of halogens is 2. The number of pyridine rings is 1. The van der Waals surface area contributed by atoms with Crippen LogP contribution in [0, 0.1) is 11.2 Å². The topological polar surface area (TPSA) is 119 Å². The number of rotatable bonds is 5. The first-order chi connectivity index (χ1) is 20.4. The summed E-state index contributed by atoms with van der Waals surface area (Å²) in [6, 6.07) is 5.30. The molecule has 2 aromatic heterocycles. The van der Waals surface area contributed by atoms with Gasteiger partial charge in [-0.25, -0.2) is 9.37 Å². The van der Waals surface area contributed by atoms with Gasteiger partial charge in [0.05, 0.1) is 42.7 Å². The van der Waals surface area contributed by atoms with Gasteiger partial charge in [0.25, 0.3) is 11.9 Å². The van der Waals surface area contributed by atoms with Crippen LogP contribution in [0.15, 0.2) is 18.2 Å². The van der Waals surface area contributed by atoms with E-state index in [9.17, 15) is 9.90 Å². The number of benzene rings is 1. The van der Waals surface area contributed by atoms with Crippen LogP contribution >= 0.6 is 11.6 Å². The third-order valence-electron chi connectivity index (χ3n) is 9.72. The van der Waals surface area contributed by atoms with Gasteiger partial charge in [-0.2, -0.15) is 4.98 Å². The van der Waals surface area contributed by atoms with Gasteiger partial charge in [0.1, 0.15) is 24.1 Å². The molecule has 2 N–H and O–H groups in total. The lowest BCUT2D eigenvalue weighted by Gasteiger charge is -2.47. The fourth-order valence-electron chi connectivity index (χ4n) is 7.24. The quantitative estimate of drug-likeness (QED) is 0.460. The number of likely N-dealkylation sites (tertiary alicyclic amines) is 1. The van der Waals surface area contributed by atoms with Gasteiger partial charge in [-0.3, -0.25) is 4.79 Å². The predicted octanol–water partition coefficient (Wildman–Crippen LogP) is 3.18. The molecule has 0 saturated carbocycles. The van der Waals surface area contributed by atoms with Gasteiger partial charge in [0.15, 0.2) is 11.8 Å².